The number of nitrogens with zero attached hydrogens (tertiary/aromatic N) is 2. The molecular formula is C21H20BrFN4O2. The molecule has 2 heterocycles. The summed E-state index contributed by atoms with van der Waals surface area (Å²) >= 11 is 3.39. The summed E-state index contributed by atoms with van der Waals surface area (Å²) in [4.78, 5) is 31.4. The van der Waals surface area contributed by atoms with E-state index >= 15 is 0 Å². The lowest BCUT2D eigenvalue weighted by Crippen LogP contribution is -2.52. The molecule has 0 unspecified atom stereocenters. The number of hydrogen-bond acceptors (Lipinski definition) is 4. The van der Waals surface area contributed by atoms with Crippen molar-refractivity contribution in [3.63, 3.8) is 0 Å². The Hall–Kier alpha value is -2.58. The number of nitrogens with one attached hydrogen (secondary N) is 2. The molecule has 1 spiro atoms. The average Bonchev–Trinajstić information content (AvgIpc) is 3.02. The number of anilines is 1. The zero-order chi connectivity index (χ0) is 20.4. The Bertz CT molecular complexity index is 969. The van der Waals surface area contributed by atoms with E-state index in [1.807, 2.05) is 29.2 Å². The molecule has 0 aliphatic carbocycles. The Kier molecular flexibility index (Phi) is 5.47. The second-order valence-electron chi connectivity index (χ2n) is 7.26. The van der Waals surface area contributed by atoms with Gasteiger partial charge >= 0.3 is 0 Å². The van der Waals surface area contributed by atoms with Crippen molar-refractivity contribution in [3.05, 3.63) is 64.4 Å². The summed E-state index contributed by atoms with van der Waals surface area (Å²) in [6.07, 6.45) is 1.23. The van der Waals surface area contributed by atoms with Crippen LogP contribution in [0.3, 0.4) is 0 Å². The zero-order valence-corrected chi connectivity index (χ0v) is 17.2. The maximum atomic E-state index is 13.7. The first-order valence-electron chi connectivity index (χ1n) is 9.39. The van der Waals surface area contributed by atoms with E-state index in [9.17, 15) is 14.0 Å². The zero-order valence-electron chi connectivity index (χ0n) is 15.6. The van der Waals surface area contributed by atoms with E-state index < -0.39 is 11.5 Å². The Morgan fingerprint density at radius 1 is 1.17 bits per heavy atom. The van der Waals surface area contributed by atoms with E-state index in [0.717, 1.165) is 10.0 Å². The third-order valence-corrected chi connectivity index (χ3v) is 5.73. The highest BCUT2D eigenvalue weighted by atomic mass is 79.9. The van der Waals surface area contributed by atoms with Gasteiger partial charge in [0, 0.05) is 36.0 Å². The molecule has 0 saturated carbocycles. The van der Waals surface area contributed by atoms with Gasteiger partial charge < -0.3 is 10.6 Å². The molecule has 1 saturated heterocycles. The van der Waals surface area contributed by atoms with Crippen LogP contribution in [0.2, 0.25) is 0 Å². The summed E-state index contributed by atoms with van der Waals surface area (Å²) < 4.78 is 14.6. The highest BCUT2D eigenvalue weighted by molar-refractivity contribution is 9.10. The molecule has 2 aliphatic heterocycles. The summed E-state index contributed by atoms with van der Waals surface area (Å²) in [5.74, 6) is -0.888. The van der Waals surface area contributed by atoms with Crippen LogP contribution >= 0.6 is 15.9 Å². The average molecular weight is 459 g/mol. The van der Waals surface area contributed by atoms with E-state index in [4.69, 9.17) is 4.99 Å². The lowest BCUT2D eigenvalue weighted by atomic mass is 9.98. The Labute approximate surface area is 176 Å². The van der Waals surface area contributed by atoms with Gasteiger partial charge in [0.25, 0.3) is 5.91 Å². The van der Waals surface area contributed by atoms with E-state index in [-0.39, 0.29) is 24.0 Å². The monoisotopic (exact) mass is 458 g/mol. The summed E-state index contributed by atoms with van der Waals surface area (Å²) in [6.45, 7) is 1.39. The topological polar surface area (TPSA) is 73.8 Å². The fraction of sp³-hybridized carbons (Fsp3) is 0.286. The maximum absolute atomic E-state index is 13.7. The van der Waals surface area contributed by atoms with Gasteiger partial charge in [-0.25, -0.2) is 4.39 Å². The second kappa shape index (κ2) is 8.04. The summed E-state index contributed by atoms with van der Waals surface area (Å²) in [5, 5.41) is 5.62. The van der Waals surface area contributed by atoms with E-state index in [2.05, 4.69) is 26.6 Å². The highest BCUT2D eigenvalue weighted by Crippen LogP contribution is 2.29. The quantitative estimate of drug-likeness (QED) is 0.739. The van der Waals surface area contributed by atoms with Crippen LogP contribution in [-0.2, 0) is 9.59 Å². The predicted octanol–water partition coefficient (Wildman–Crippen LogP) is 2.94. The lowest BCUT2D eigenvalue weighted by Gasteiger charge is -2.36. The van der Waals surface area contributed by atoms with Crippen LogP contribution in [0.5, 0.6) is 0 Å². The number of halogens is 2. The molecule has 2 aliphatic rings. The Balaban J connectivity index is 1.36. The van der Waals surface area contributed by atoms with Crippen LogP contribution in [0, 0.1) is 5.82 Å². The number of rotatable bonds is 4. The molecule has 2 N–H and O–H groups in total. The number of carbonyl (C=O) groups excluding carboxylic acids is 2. The van der Waals surface area contributed by atoms with Crippen molar-refractivity contribution >= 4 is 39.1 Å². The molecular weight excluding hydrogens is 439 g/mol. The van der Waals surface area contributed by atoms with Crippen LogP contribution < -0.4 is 10.6 Å². The van der Waals surface area contributed by atoms with Gasteiger partial charge in [-0.3, -0.25) is 19.5 Å². The fourth-order valence-corrected chi connectivity index (χ4v) is 3.90. The number of amides is 2. The Morgan fingerprint density at radius 2 is 1.86 bits per heavy atom. The molecule has 0 atom stereocenters. The van der Waals surface area contributed by atoms with Gasteiger partial charge in [0.1, 0.15) is 17.2 Å². The second-order valence-corrected chi connectivity index (χ2v) is 8.17. The smallest absolute Gasteiger partial charge is 0.272 e. The number of hydrogen-bond donors (Lipinski definition) is 2. The van der Waals surface area contributed by atoms with Crippen molar-refractivity contribution in [2.45, 2.75) is 18.5 Å². The van der Waals surface area contributed by atoms with Crippen LogP contribution in [0.15, 0.2) is 58.0 Å². The molecule has 29 heavy (non-hydrogen) atoms. The Morgan fingerprint density at radius 3 is 2.55 bits per heavy atom. The van der Waals surface area contributed by atoms with Gasteiger partial charge in [0.15, 0.2) is 0 Å². The summed E-state index contributed by atoms with van der Waals surface area (Å²) in [5.41, 5.74) is 0.799. The highest BCUT2D eigenvalue weighted by Gasteiger charge is 2.42. The van der Waals surface area contributed by atoms with Crippen LogP contribution in [-0.4, -0.2) is 47.7 Å². The minimum atomic E-state index is -0.613. The molecule has 8 heteroatoms. The summed E-state index contributed by atoms with van der Waals surface area (Å²) in [7, 11) is 0. The van der Waals surface area contributed by atoms with Crippen molar-refractivity contribution < 1.29 is 14.0 Å². The number of piperidine rings is 1. The minimum Gasteiger partial charge on any atom is -0.326 e. The standard InChI is InChI=1S/C21H20BrFN4O2/c22-15-7-5-14(6-8-15)19-20(29)26-21(25-19)9-11-27(12-10-21)13-18(28)24-17-4-2-1-3-16(17)23/h1-8H,9-13H2,(H,24,28)(H,26,29). The first-order valence-corrected chi connectivity index (χ1v) is 10.2. The number of likely N-dealkylation sites (tertiary alicyclic amines) is 1. The van der Waals surface area contributed by atoms with Crippen molar-refractivity contribution in [3.8, 4) is 0 Å². The number of carbonyl (C=O) groups is 2. The number of para-hydroxylation sites is 1. The molecule has 2 aromatic rings. The third-order valence-electron chi connectivity index (χ3n) is 5.20. The van der Waals surface area contributed by atoms with Crippen molar-refractivity contribution in [2.75, 3.05) is 25.0 Å². The van der Waals surface area contributed by atoms with Crippen molar-refractivity contribution in [1.82, 2.24) is 10.2 Å². The van der Waals surface area contributed by atoms with E-state index in [1.54, 1.807) is 12.1 Å². The molecule has 6 nitrogen and oxygen atoms in total. The van der Waals surface area contributed by atoms with Gasteiger partial charge in [-0.15, -0.1) is 0 Å². The van der Waals surface area contributed by atoms with Crippen LogP contribution in [0.25, 0.3) is 0 Å². The van der Waals surface area contributed by atoms with Crippen molar-refractivity contribution in [2.24, 2.45) is 4.99 Å². The van der Waals surface area contributed by atoms with Crippen LogP contribution in [0.1, 0.15) is 18.4 Å². The van der Waals surface area contributed by atoms with Crippen molar-refractivity contribution in [1.29, 1.82) is 0 Å². The molecule has 1 fully saturated rings. The molecule has 150 valence electrons. The maximum Gasteiger partial charge on any atom is 0.272 e. The molecule has 2 amide bonds. The number of aliphatic imine (C=N–C) groups is 1. The molecule has 0 radical (unpaired) electrons. The molecule has 0 aromatic heterocycles. The summed E-state index contributed by atoms with van der Waals surface area (Å²) in [6, 6.07) is 13.6. The fourth-order valence-electron chi connectivity index (χ4n) is 3.64. The van der Waals surface area contributed by atoms with Gasteiger partial charge in [-0.05, 0) is 24.3 Å². The molecule has 4 rings (SSSR count). The van der Waals surface area contributed by atoms with E-state index in [0.29, 0.717) is 31.6 Å². The minimum absolute atomic E-state index is 0.168. The first kappa shape index (κ1) is 19.7. The SMILES string of the molecule is O=C(CN1CCC2(CC1)N=C(c1ccc(Br)cc1)C(=O)N2)Nc1ccccc1F. The van der Waals surface area contributed by atoms with Gasteiger partial charge in [0.2, 0.25) is 5.91 Å². The van der Waals surface area contributed by atoms with Gasteiger partial charge in [-0.1, -0.05) is 40.2 Å². The first-order chi connectivity index (χ1) is 13.9. The van der Waals surface area contributed by atoms with E-state index in [1.165, 1.54) is 12.1 Å². The lowest BCUT2D eigenvalue weighted by molar-refractivity contribution is -0.119. The molecule has 2 aromatic carbocycles. The van der Waals surface area contributed by atoms with Gasteiger partial charge in [-0.2, -0.15) is 0 Å². The normalized spacial score (nSPS) is 18.4. The van der Waals surface area contributed by atoms with Crippen LogP contribution in [0.4, 0.5) is 10.1 Å². The number of benzene rings is 2. The predicted molar refractivity (Wildman–Crippen MR) is 112 cm³/mol. The third kappa shape index (κ3) is 4.38. The molecule has 0 bridgehead atoms. The van der Waals surface area contributed by atoms with Gasteiger partial charge in [0.05, 0.1) is 12.2 Å². The largest absolute Gasteiger partial charge is 0.326 e.